The van der Waals surface area contributed by atoms with Crippen LogP contribution < -0.4 is 5.32 Å². The van der Waals surface area contributed by atoms with Crippen LogP contribution in [0.15, 0.2) is 42.5 Å². The predicted molar refractivity (Wildman–Crippen MR) is 106 cm³/mol. The van der Waals surface area contributed by atoms with Crippen LogP contribution in [0.4, 0.5) is 10.5 Å². The molecule has 2 aliphatic rings. The van der Waals surface area contributed by atoms with Gasteiger partial charge in [0.05, 0.1) is 5.69 Å². The Kier molecular flexibility index (Phi) is 5.23. The highest BCUT2D eigenvalue weighted by Gasteiger charge is 2.33. The van der Waals surface area contributed by atoms with Crippen LogP contribution in [-0.2, 0) is 4.74 Å². The average Bonchev–Trinajstić information content (AvgIpc) is 2.99. The molecule has 2 fully saturated rings. The number of carbonyl (C=O) groups is 1. The fraction of sp³-hybridized carbons (Fsp3) is 0.381. The number of hydrogen-bond donors (Lipinski definition) is 2. The zero-order chi connectivity index (χ0) is 18.8. The number of nitrogens with zero attached hydrogens (tertiary/aromatic N) is 1. The van der Waals surface area contributed by atoms with Crippen molar-refractivity contribution in [2.75, 3.05) is 25.1 Å². The summed E-state index contributed by atoms with van der Waals surface area (Å²) < 4.78 is 5.44. The van der Waals surface area contributed by atoms with Gasteiger partial charge in [0.1, 0.15) is 12.5 Å². The minimum absolute atomic E-state index is 0.118. The quantitative estimate of drug-likeness (QED) is 0.730. The molecule has 1 heterocycles. The number of benzene rings is 2. The Morgan fingerprint density at radius 3 is 2.70 bits per heavy atom. The zero-order valence-electron chi connectivity index (χ0n) is 15.0. The number of halogens is 1. The van der Waals surface area contributed by atoms with Crippen LogP contribution in [0.3, 0.4) is 0 Å². The first-order valence-electron chi connectivity index (χ1n) is 9.32. The molecule has 0 spiro atoms. The molecule has 0 aromatic heterocycles. The van der Waals surface area contributed by atoms with E-state index in [2.05, 4.69) is 10.2 Å². The molecular weight excluding hydrogens is 364 g/mol. The first-order chi connectivity index (χ1) is 13.1. The molecule has 1 aliphatic carbocycles. The molecular formula is C21H23ClN2O3. The second-order valence-electron chi connectivity index (χ2n) is 7.51. The number of piperidine rings is 1. The normalized spacial score (nSPS) is 21.8. The number of carbonyl (C=O) groups excluding carboxylic acids is 1. The Morgan fingerprint density at radius 1 is 1.19 bits per heavy atom. The Balaban J connectivity index is 1.42. The van der Waals surface area contributed by atoms with Gasteiger partial charge in [-0.3, -0.25) is 10.2 Å². The van der Waals surface area contributed by atoms with E-state index in [4.69, 9.17) is 16.3 Å². The molecule has 2 aromatic carbocycles. The average molecular weight is 387 g/mol. The summed E-state index contributed by atoms with van der Waals surface area (Å²) in [5.74, 6) is 1.62. The van der Waals surface area contributed by atoms with Crippen LogP contribution in [0.2, 0.25) is 5.02 Å². The topological polar surface area (TPSA) is 61.8 Å². The molecule has 0 radical (unpaired) electrons. The van der Waals surface area contributed by atoms with Gasteiger partial charge in [0.15, 0.2) is 0 Å². The number of amides is 1. The van der Waals surface area contributed by atoms with Crippen molar-refractivity contribution in [3.63, 3.8) is 0 Å². The number of phenols is 1. The summed E-state index contributed by atoms with van der Waals surface area (Å²) in [6.45, 7) is 2.33. The van der Waals surface area contributed by atoms with Crippen molar-refractivity contribution in [3.05, 3.63) is 47.5 Å². The molecule has 27 heavy (non-hydrogen) atoms. The summed E-state index contributed by atoms with van der Waals surface area (Å²) >= 11 is 6.08. The van der Waals surface area contributed by atoms with Gasteiger partial charge in [-0.05, 0) is 67.0 Å². The Labute approximate surface area is 163 Å². The Bertz CT molecular complexity index is 830. The van der Waals surface area contributed by atoms with Crippen molar-refractivity contribution >= 4 is 23.4 Å². The van der Waals surface area contributed by atoms with Crippen LogP contribution in [0.5, 0.6) is 5.75 Å². The van der Waals surface area contributed by atoms with Crippen LogP contribution in [0.25, 0.3) is 11.1 Å². The van der Waals surface area contributed by atoms with E-state index in [0.29, 0.717) is 23.0 Å². The van der Waals surface area contributed by atoms with E-state index in [9.17, 15) is 9.90 Å². The maximum Gasteiger partial charge on any atom is 0.412 e. The van der Waals surface area contributed by atoms with Gasteiger partial charge >= 0.3 is 6.09 Å². The van der Waals surface area contributed by atoms with Gasteiger partial charge in [-0.25, -0.2) is 4.79 Å². The summed E-state index contributed by atoms with van der Waals surface area (Å²) in [4.78, 5) is 14.5. The lowest BCUT2D eigenvalue weighted by molar-refractivity contribution is 0.0462. The first kappa shape index (κ1) is 18.1. The fourth-order valence-corrected chi connectivity index (χ4v) is 4.44. The smallest absolute Gasteiger partial charge is 0.412 e. The van der Waals surface area contributed by atoms with Gasteiger partial charge in [0, 0.05) is 23.7 Å². The Hall–Kier alpha value is -2.24. The molecule has 2 aromatic rings. The fourth-order valence-electron chi connectivity index (χ4n) is 4.25. The number of fused-ring (bicyclic) bond motifs is 2. The number of nitrogens with one attached hydrogen (secondary N) is 1. The third-order valence-corrected chi connectivity index (χ3v) is 5.67. The van der Waals surface area contributed by atoms with E-state index < -0.39 is 6.09 Å². The minimum Gasteiger partial charge on any atom is -0.508 e. The minimum atomic E-state index is -0.498. The number of phenolic OH excluding ortho intramolecular Hbond substituents is 1. The summed E-state index contributed by atoms with van der Waals surface area (Å²) in [6, 6.07) is 12.1. The van der Waals surface area contributed by atoms with Crippen LogP contribution in [0, 0.1) is 11.8 Å². The van der Waals surface area contributed by atoms with Gasteiger partial charge in [0.25, 0.3) is 0 Å². The standard InChI is InChI=1S/C21H23ClN2O3/c22-17-3-1-2-16(9-17)19-10-18(25)6-7-20(19)23-21(26)27-13-24-11-14-4-5-15(8-14)12-24/h1-3,6-7,9-10,14-15,25H,4-5,8,11-13H2,(H,23,26). The second-order valence-corrected chi connectivity index (χ2v) is 7.94. The van der Waals surface area contributed by atoms with Gasteiger partial charge in [0.2, 0.25) is 0 Å². The second kappa shape index (κ2) is 7.79. The van der Waals surface area contributed by atoms with Crippen molar-refractivity contribution in [1.82, 2.24) is 4.90 Å². The van der Waals surface area contributed by atoms with Crippen molar-refractivity contribution < 1.29 is 14.6 Å². The largest absolute Gasteiger partial charge is 0.508 e. The lowest BCUT2D eigenvalue weighted by atomic mass is 10.00. The van der Waals surface area contributed by atoms with Crippen LogP contribution >= 0.6 is 11.6 Å². The molecule has 2 bridgehead atoms. The molecule has 142 valence electrons. The molecule has 1 amide bonds. The van der Waals surface area contributed by atoms with E-state index >= 15 is 0 Å². The number of anilines is 1. The van der Waals surface area contributed by atoms with E-state index in [0.717, 1.165) is 30.5 Å². The Morgan fingerprint density at radius 2 is 1.96 bits per heavy atom. The summed E-state index contributed by atoms with van der Waals surface area (Å²) in [7, 11) is 0. The first-order valence-corrected chi connectivity index (χ1v) is 9.70. The highest BCUT2D eigenvalue weighted by atomic mass is 35.5. The predicted octanol–water partition coefficient (Wildman–Crippen LogP) is 4.95. The van der Waals surface area contributed by atoms with E-state index in [1.165, 1.54) is 25.3 Å². The SMILES string of the molecule is O=C(Nc1ccc(O)cc1-c1cccc(Cl)c1)OCN1CC2CCC(C2)C1. The lowest BCUT2D eigenvalue weighted by Crippen LogP contribution is -2.38. The van der Waals surface area contributed by atoms with Gasteiger partial charge < -0.3 is 9.84 Å². The monoisotopic (exact) mass is 386 g/mol. The number of rotatable bonds is 4. The number of hydrogen-bond acceptors (Lipinski definition) is 4. The van der Waals surface area contributed by atoms with E-state index in [1.807, 2.05) is 12.1 Å². The third kappa shape index (κ3) is 4.37. The number of aromatic hydroxyl groups is 1. The lowest BCUT2D eigenvalue weighted by Gasteiger charge is -2.30. The summed E-state index contributed by atoms with van der Waals surface area (Å²) in [5, 5.41) is 13.2. The molecule has 6 heteroatoms. The molecule has 1 saturated carbocycles. The number of ether oxygens (including phenoxy) is 1. The van der Waals surface area contributed by atoms with Crippen molar-refractivity contribution in [2.24, 2.45) is 11.8 Å². The molecule has 2 unspecified atom stereocenters. The van der Waals surface area contributed by atoms with E-state index in [1.54, 1.807) is 24.3 Å². The van der Waals surface area contributed by atoms with Gasteiger partial charge in [-0.1, -0.05) is 23.7 Å². The van der Waals surface area contributed by atoms with Gasteiger partial charge in [-0.15, -0.1) is 0 Å². The highest BCUT2D eigenvalue weighted by molar-refractivity contribution is 6.30. The highest BCUT2D eigenvalue weighted by Crippen LogP contribution is 2.36. The maximum atomic E-state index is 12.3. The molecule has 2 N–H and O–H groups in total. The molecule has 2 atom stereocenters. The van der Waals surface area contributed by atoms with Crippen LogP contribution in [0.1, 0.15) is 19.3 Å². The van der Waals surface area contributed by atoms with E-state index in [-0.39, 0.29) is 5.75 Å². The molecule has 1 aliphatic heterocycles. The number of likely N-dealkylation sites (tertiary alicyclic amines) is 1. The molecule has 1 saturated heterocycles. The van der Waals surface area contributed by atoms with Gasteiger partial charge in [-0.2, -0.15) is 0 Å². The van der Waals surface area contributed by atoms with Crippen molar-refractivity contribution in [2.45, 2.75) is 19.3 Å². The molecule has 5 nitrogen and oxygen atoms in total. The van der Waals surface area contributed by atoms with Crippen molar-refractivity contribution in [3.8, 4) is 16.9 Å². The van der Waals surface area contributed by atoms with Crippen LogP contribution in [-0.4, -0.2) is 35.9 Å². The summed E-state index contributed by atoms with van der Waals surface area (Å²) in [6.07, 6.45) is 3.41. The van der Waals surface area contributed by atoms with Crippen molar-refractivity contribution in [1.29, 1.82) is 0 Å². The maximum absolute atomic E-state index is 12.3. The molecule has 4 rings (SSSR count). The summed E-state index contributed by atoms with van der Waals surface area (Å²) in [5.41, 5.74) is 2.06. The third-order valence-electron chi connectivity index (χ3n) is 5.44. The zero-order valence-corrected chi connectivity index (χ0v) is 15.8.